The third-order valence-electron chi connectivity index (χ3n) is 20.9. The highest BCUT2D eigenvalue weighted by Crippen LogP contribution is 2.57. The zero-order valence-electron chi connectivity index (χ0n) is 52.5. The second-order valence-electron chi connectivity index (χ2n) is 27.5. The topological polar surface area (TPSA) is 32.3 Å². The first-order chi connectivity index (χ1) is 43.6. The van der Waals surface area contributed by atoms with Crippen molar-refractivity contribution in [1.29, 1.82) is 0 Å². The molecule has 2 unspecified atom stereocenters. The largest absolute Gasteiger partial charge is 0.295 e. The predicted molar refractivity (Wildman–Crippen MR) is 377 cm³/mol. The maximum Gasteiger partial charge on any atom is 0.137 e. The molecule has 0 saturated heterocycles. The van der Waals surface area contributed by atoms with Crippen molar-refractivity contribution in [1.82, 2.24) is 9.97 Å². The summed E-state index contributed by atoms with van der Waals surface area (Å²) in [7, 11) is 0. The molecule has 90 heavy (non-hydrogen) atoms. The van der Waals surface area contributed by atoms with Crippen LogP contribution >= 0.6 is 0 Å². The molecule has 0 saturated carbocycles. The van der Waals surface area contributed by atoms with E-state index in [0.29, 0.717) is 11.8 Å². The second-order valence-corrected chi connectivity index (χ2v) is 27.5. The van der Waals surface area contributed by atoms with Gasteiger partial charge in [0, 0.05) is 57.3 Å². The van der Waals surface area contributed by atoms with Crippen LogP contribution in [0.15, 0.2) is 261 Å². The van der Waals surface area contributed by atoms with Gasteiger partial charge in [-0.1, -0.05) is 256 Å². The molecule has 16 rings (SSSR count). The molecule has 0 fully saturated rings. The van der Waals surface area contributed by atoms with E-state index in [1.54, 1.807) is 0 Å². The molecule has 5 aliphatic rings. The first kappa shape index (κ1) is 55.2. The molecule has 2 aromatic heterocycles. The summed E-state index contributed by atoms with van der Waals surface area (Å²) in [5.74, 6) is 2.52. The van der Waals surface area contributed by atoms with E-state index >= 15 is 0 Å². The first-order valence-electron chi connectivity index (χ1n) is 31.9. The molecule has 11 aromatic rings. The van der Waals surface area contributed by atoms with Crippen LogP contribution in [0.25, 0.3) is 68.8 Å². The van der Waals surface area contributed by atoms with E-state index in [1.165, 1.54) is 111 Å². The Morgan fingerprint density at radius 3 is 1.23 bits per heavy atom. The highest BCUT2D eigenvalue weighted by Gasteiger charge is 2.46. The van der Waals surface area contributed by atoms with Crippen LogP contribution in [-0.2, 0) is 21.7 Å². The van der Waals surface area contributed by atoms with Crippen molar-refractivity contribution in [3.8, 4) is 44.5 Å². The number of hydrogen-bond acceptors (Lipinski definition) is 4. The summed E-state index contributed by atoms with van der Waals surface area (Å²) < 4.78 is 0. The summed E-state index contributed by atoms with van der Waals surface area (Å²) in [5, 5.41) is 0. The average molecular weight is 1160 g/mol. The monoisotopic (exact) mass is 1160 g/mol. The first-order valence-corrected chi connectivity index (χ1v) is 31.9. The van der Waals surface area contributed by atoms with Gasteiger partial charge < -0.3 is 0 Å². The van der Waals surface area contributed by atoms with Gasteiger partial charge in [0.2, 0.25) is 0 Å². The van der Waals surface area contributed by atoms with Crippen LogP contribution in [0.4, 0.5) is 28.7 Å². The predicted octanol–water partition coefficient (Wildman–Crippen LogP) is 22.2. The molecule has 0 amide bonds. The summed E-state index contributed by atoms with van der Waals surface area (Å²) >= 11 is 0. The van der Waals surface area contributed by atoms with E-state index in [-0.39, 0.29) is 21.7 Å². The molecule has 2 atom stereocenters. The van der Waals surface area contributed by atoms with Crippen LogP contribution < -0.4 is 9.80 Å². The quantitative estimate of drug-likeness (QED) is 0.121. The third-order valence-corrected chi connectivity index (χ3v) is 20.9. The Morgan fingerprint density at radius 1 is 0.344 bits per heavy atom. The fraction of sp³-hybridized carbons (Fsp3) is 0.163. The van der Waals surface area contributed by atoms with Crippen molar-refractivity contribution in [2.45, 2.75) is 83.0 Å². The number of rotatable bonds is 11. The number of fused-ring (bicyclic) bond motifs is 12. The minimum atomic E-state index is -0.212. The van der Waals surface area contributed by atoms with Crippen molar-refractivity contribution < 1.29 is 0 Å². The molecule has 0 spiro atoms. The maximum absolute atomic E-state index is 4.93. The summed E-state index contributed by atoms with van der Waals surface area (Å²) in [5.41, 5.74) is 29.9. The fourth-order valence-corrected chi connectivity index (χ4v) is 15.9. The van der Waals surface area contributed by atoms with E-state index in [4.69, 9.17) is 9.97 Å². The molecule has 0 bridgehead atoms. The molecule has 9 aromatic carbocycles. The lowest BCUT2D eigenvalue weighted by Crippen LogP contribution is -2.28. The van der Waals surface area contributed by atoms with E-state index in [0.717, 1.165) is 34.4 Å². The van der Waals surface area contributed by atoms with Crippen LogP contribution in [-0.4, -0.2) is 9.97 Å². The summed E-state index contributed by atoms with van der Waals surface area (Å²) in [4.78, 5) is 14.5. The molecular weight excluding hydrogens is 1090 g/mol. The van der Waals surface area contributed by atoms with Gasteiger partial charge in [0.15, 0.2) is 0 Å². The smallest absolute Gasteiger partial charge is 0.137 e. The molecule has 0 aliphatic heterocycles. The molecule has 4 heteroatoms. The van der Waals surface area contributed by atoms with Crippen LogP contribution in [0.1, 0.15) is 128 Å². The molecule has 0 N–H and O–H groups in total. The highest BCUT2D eigenvalue weighted by molar-refractivity contribution is 5.90. The van der Waals surface area contributed by atoms with Gasteiger partial charge in [-0.2, -0.15) is 0 Å². The van der Waals surface area contributed by atoms with Crippen molar-refractivity contribution in [2.75, 3.05) is 9.80 Å². The minimum Gasteiger partial charge on any atom is -0.295 e. The molecule has 2 heterocycles. The Balaban J connectivity index is 0.597. The van der Waals surface area contributed by atoms with Gasteiger partial charge >= 0.3 is 0 Å². The zero-order valence-corrected chi connectivity index (χ0v) is 52.5. The van der Waals surface area contributed by atoms with Gasteiger partial charge in [0.25, 0.3) is 0 Å². The number of nitrogens with zero attached hydrogens (tertiary/aromatic N) is 4. The standard InChI is InChI=1S/C86H72N4/c1-83(2)73-19-11-9-17-65(73)69-43-37-61(51-77(69)83)89(81-21-13-15-47-87-81)63-39-45-71-67-41-31-57(49-75(67)85(5,6)79(71)53-63)25-23-55-27-33-59(34-28-55)60-35-29-56(30-36-60)24-26-58-32-42-68-72-46-40-64(54-80(72)86(7,8)76(68)50-58)90(82-22-14-16-48-88-82)62-38-44-70-66-18-10-12-20-74(66)84(3,4)78(70)52-62/h9-54,69,77H,1-8H3. The van der Waals surface area contributed by atoms with Gasteiger partial charge in [-0.3, -0.25) is 9.80 Å². The molecular formula is C86H72N4. The molecule has 5 aliphatic carbocycles. The number of benzene rings is 9. The number of allylic oxidation sites excluding steroid dienone is 3. The van der Waals surface area contributed by atoms with Crippen molar-refractivity contribution in [3.05, 3.63) is 328 Å². The number of pyridine rings is 2. The average Bonchev–Trinajstić information content (AvgIpc) is 1.71. The lowest BCUT2D eigenvalue weighted by atomic mass is 9.74. The van der Waals surface area contributed by atoms with Crippen molar-refractivity contribution >= 4 is 53.0 Å². The second kappa shape index (κ2) is 20.7. The minimum absolute atomic E-state index is 0.00965. The summed E-state index contributed by atoms with van der Waals surface area (Å²) in [6.45, 7) is 19.0. The van der Waals surface area contributed by atoms with Crippen LogP contribution in [0.2, 0.25) is 0 Å². The van der Waals surface area contributed by atoms with Crippen LogP contribution in [0, 0.1) is 5.92 Å². The van der Waals surface area contributed by atoms with Crippen LogP contribution in [0.5, 0.6) is 0 Å². The van der Waals surface area contributed by atoms with E-state index in [9.17, 15) is 0 Å². The van der Waals surface area contributed by atoms with Crippen molar-refractivity contribution in [2.24, 2.45) is 5.92 Å². The van der Waals surface area contributed by atoms with Crippen molar-refractivity contribution in [3.63, 3.8) is 0 Å². The highest BCUT2D eigenvalue weighted by atomic mass is 15.2. The fourth-order valence-electron chi connectivity index (χ4n) is 15.9. The number of hydrogen-bond donors (Lipinski definition) is 0. The Morgan fingerprint density at radius 2 is 0.733 bits per heavy atom. The van der Waals surface area contributed by atoms with E-state index < -0.39 is 0 Å². The molecule has 436 valence electrons. The zero-order chi connectivity index (χ0) is 61.3. The van der Waals surface area contributed by atoms with E-state index in [2.05, 4.69) is 320 Å². The Kier molecular flexibility index (Phi) is 12.7. The summed E-state index contributed by atoms with van der Waals surface area (Å²) in [6.07, 6.45) is 20.0. The van der Waals surface area contributed by atoms with Gasteiger partial charge in [-0.15, -0.1) is 0 Å². The van der Waals surface area contributed by atoms with Gasteiger partial charge in [-0.05, 0) is 189 Å². The Labute approximate surface area is 530 Å². The number of anilines is 5. The Bertz CT molecular complexity index is 4820. The van der Waals surface area contributed by atoms with Gasteiger partial charge in [0.05, 0.1) is 0 Å². The lowest BCUT2D eigenvalue weighted by molar-refractivity contribution is 0.392. The third kappa shape index (κ3) is 8.85. The maximum atomic E-state index is 4.93. The van der Waals surface area contributed by atoms with E-state index in [1.807, 2.05) is 24.5 Å². The number of aromatic nitrogens is 2. The molecule has 4 nitrogen and oxygen atoms in total. The summed E-state index contributed by atoms with van der Waals surface area (Å²) in [6, 6.07) is 83.0. The molecule has 0 radical (unpaired) electrons. The normalized spacial score (nSPS) is 17.6. The lowest BCUT2D eigenvalue weighted by Gasteiger charge is -2.34. The van der Waals surface area contributed by atoms with Gasteiger partial charge in [0.1, 0.15) is 11.6 Å². The van der Waals surface area contributed by atoms with Gasteiger partial charge in [-0.25, -0.2) is 9.97 Å². The Hall–Kier alpha value is -10.2. The van der Waals surface area contributed by atoms with Crippen LogP contribution in [0.3, 0.4) is 0 Å². The SMILES string of the molecule is CC1(C)c2cc(C=Cc3ccc(-c4ccc(C=Cc5ccc6c(c5)C(C)(C)c5cc(N(c7ccc8c(c7)C(C)(C)c7ccccc7-8)c7ccccn7)ccc5-6)cc4)cc3)ccc2-c2ccc(N(C3=CC4C(C=C3)c3ccccc3C4(C)C)c3ccccn3)cc21.